The Morgan fingerprint density at radius 1 is 1.15 bits per heavy atom. The highest BCUT2D eigenvalue weighted by molar-refractivity contribution is 5.75. The lowest BCUT2D eigenvalue weighted by molar-refractivity contribution is 0.510. The topological polar surface area (TPSA) is 53.6 Å². The maximum absolute atomic E-state index is 13.2. The smallest absolute Gasteiger partial charge is 0.161 e. The van der Waals surface area contributed by atoms with Gasteiger partial charge in [0.1, 0.15) is 5.82 Å². The van der Waals surface area contributed by atoms with E-state index in [9.17, 15) is 8.78 Å². The molecule has 2 heterocycles. The zero-order valence-electron chi connectivity index (χ0n) is 10.5. The minimum atomic E-state index is -0.921. The summed E-state index contributed by atoms with van der Waals surface area (Å²) in [6.45, 7) is 0.671. The number of nitrogens with zero attached hydrogens (tertiary/aromatic N) is 2. The summed E-state index contributed by atoms with van der Waals surface area (Å²) < 4.78 is 26.2. The molecule has 20 heavy (non-hydrogen) atoms. The number of benzene rings is 1. The molecular formula is C14H12F2N4. The lowest BCUT2D eigenvalue weighted by Gasteiger charge is -2.06. The van der Waals surface area contributed by atoms with Gasteiger partial charge in [-0.3, -0.25) is 4.98 Å². The van der Waals surface area contributed by atoms with E-state index in [-0.39, 0.29) is 0 Å². The molecule has 0 aliphatic heterocycles. The first kappa shape index (κ1) is 12.5. The Morgan fingerprint density at radius 3 is 2.70 bits per heavy atom. The van der Waals surface area contributed by atoms with E-state index in [2.05, 4.69) is 20.3 Å². The third-order valence-electron chi connectivity index (χ3n) is 2.95. The van der Waals surface area contributed by atoms with Gasteiger partial charge in [0, 0.05) is 37.0 Å². The van der Waals surface area contributed by atoms with Crippen LogP contribution >= 0.6 is 0 Å². The third kappa shape index (κ3) is 2.59. The monoisotopic (exact) mass is 274 g/mol. The van der Waals surface area contributed by atoms with E-state index in [1.54, 1.807) is 0 Å². The number of aromatic nitrogens is 3. The zero-order valence-corrected chi connectivity index (χ0v) is 10.5. The highest BCUT2D eigenvalue weighted by Crippen LogP contribution is 2.16. The quantitative estimate of drug-likeness (QED) is 0.769. The van der Waals surface area contributed by atoms with E-state index >= 15 is 0 Å². The van der Waals surface area contributed by atoms with Gasteiger partial charge in [0.25, 0.3) is 0 Å². The highest BCUT2D eigenvalue weighted by atomic mass is 19.2. The number of fused-ring (bicyclic) bond motifs is 1. The highest BCUT2D eigenvalue weighted by Gasteiger charge is 2.06. The Bertz CT molecular complexity index is 725. The van der Waals surface area contributed by atoms with Gasteiger partial charge in [0.05, 0.1) is 17.2 Å². The van der Waals surface area contributed by atoms with Crippen LogP contribution in [0.25, 0.3) is 11.0 Å². The summed E-state index contributed by atoms with van der Waals surface area (Å²) in [6, 6.07) is 6.02. The molecule has 0 amide bonds. The number of hydrogen-bond donors (Lipinski definition) is 2. The molecule has 0 spiro atoms. The molecule has 1 aromatic carbocycles. The molecule has 0 aliphatic rings. The third-order valence-corrected chi connectivity index (χ3v) is 2.95. The van der Waals surface area contributed by atoms with Crippen LogP contribution in [0.3, 0.4) is 0 Å². The second kappa shape index (κ2) is 5.24. The van der Waals surface area contributed by atoms with Gasteiger partial charge in [-0.25, -0.2) is 13.8 Å². The number of rotatable bonds is 4. The molecule has 0 saturated carbocycles. The standard InChI is InChI=1S/C14H12F2N4/c15-10-6-12-13(7-11(10)16)20-14(8-19-12)18-5-3-9-2-1-4-17-9/h1-2,4,6-8,17H,3,5H2,(H,18,20). The molecule has 0 saturated heterocycles. The molecule has 3 rings (SSSR count). The fourth-order valence-corrected chi connectivity index (χ4v) is 1.94. The molecule has 0 unspecified atom stereocenters. The second-order valence-corrected chi connectivity index (χ2v) is 4.38. The molecule has 0 bridgehead atoms. The lowest BCUT2D eigenvalue weighted by atomic mass is 10.3. The van der Waals surface area contributed by atoms with Crippen LogP contribution in [0.5, 0.6) is 0 Å². The normalized spacial score (nSPS) is 10.9. The van der Waals surface area contributed by atoms with Gasteiger partial charge in [-0.1, -0.05) is 0 Å². The Morgan fingerprint density at radius 2 is 1.95 bits per heavy atom. The Labute approximate surface area is 113 Å². The van der Waals surface area contributed by atoms with Crippen molar-refractivity contribution in [3.8, 4) is 0 Å². The summed E-state index contributed by atoms with van der Waals surface area (Å²) >= 11 is 0. The van der Waals surface area contributed by atoms with Crippen molar-refractivity contribution in [2.75, 3.05) is 11.9 Å². The Kier molecular flexibility index (Phi) is 3.28. The van der Waals surface area contributed by atoms with Gasteiger partial charge in [-0.15, -0.1) is 0 Å². The summed E-state index contributed by atoms with van der Waals surface area (Å²) in [5.41, 5.74) is 1.77. The molecule has 4 nitrogen and oxygen atoms in total. The zero-order chi connectivity index (χ0) is 13.9. The molecule has 3 aromatic rings. The first-order valence-corrected chi connectivity index (χ1v) is 6.20. The number of halogens is 2. The molecular weight excluding hydrogens is 262 g/mol. The minimum absolute atomic E-state index is 0.328. The minimum Gasteiger partial charge on any atom is -0.368 e. The first-order chi connectivity index (χ1) is 9.72. The number of anilines is 1. The van der Waals surface area contributed by atoms with Crippen molar-refractivity contribution < 1.29 is 8.78 Å². The first-order valence-electron chi connectivity index (χ1n) is 6.20. The summed E-state index contributed by atoms with van der Waals surface area (Å²) in [4.78, 5) is 11.4. The van der Waals surface area contributed by atoms with Crippen molar-refractivity contribution >= 4 is 16.9 Å². The summed E-state index contributed by atoms with van der Waals surface area (Å²) in [6.07, 6.45) is 4.18. The summed E-state index contributed by atoms with van der Waals surface area (Å²) in [5.74, 6) is -1.30. The van der Waals surface area contributed by atoms with Crippen LogP contribution in [0, 0.1) is 11.6 Å². The van der Waals surface area contributed by atoms with E-state index in [1.165, 1.54) is 6.20 Å². The predicted octanol–water partition coefficient (Wildman–Crippen LogP) is 2.89. The van der Waals surface area contributed by atoms with Gasteiger partial charge in [0.2, 0.25) is 0 Å². The molecule has 2 N–H and O–H groups in total. The van der Waals surface area contributed by atoms with Crippen molar-refractivity contribution in [1.82, 2.24) is 15.0 Å². The SMILES string of the molecule is Fc1cc2ncc(NCCc3ccc[nH]3)nc2cc1F. The van der Waals surface area contributed by atoms with Crippen molar-refractivity contribution in [1.29, 1.82) is 0 Å². The van der Waals surface area contributed by atoms with E-state index < -0.39 is 11.6 Å². The molecule has 0 radical (unpaired) electrons. The van der Waals surface area contributed by atoms with Crippen molar-refractivity contribution in [2.45, 2.75) is 6.42 Å². The average Bonchev–Trinajstić information content (AvgIpc) is 2.93. The van der Waals surface area contributed by atoms with Crippen LogP contribution in [-0.2, 0) is 6.42 Å². The van der Waals surface area contributed by atoms with Crippen LogP contribution in [0.1, 0.15) is 5.69 Å². The Hall–Kier alpha value is -2.50. The number of nitrogens with one attached hydrogen (secondary N) is 2. The van der Waals surface area contributed by atoms with E-state index in [0.717, 1.165) is 24.2 Å². The fraction of sp³-hybridized carbons (Fsp3) is 0.143. The van der Waals surface area contributed by atoms with Crippen LogP contribution in [-0.4, -0.2) is 21.5 Å². The summed E-state index contributed by atoms with van der Waals surface area (Å²) in [7, 11) is 0. The largest absolute Gasteiger partial charge is 0.368 e. The predicted molar refractivity (Wildman–Crippen MR) is 72.4 cm³/mol. The van der Waals surface area contributed by atoms with Crippen molar-refractivity contribution in [3.05, 3.63) is 54.0 Å². The fourth-order valence-electron chi connectivity index (χ4n) is 1.94. The number of hydrogen-bond acceptors (Lipinski definition) is 3. The molecule has 0 atom stereocenters. The number of H-pyrrole nitrogens is 1. The van der Waals surface area contributed by atoms with Crippen LogP contribution in [0.4, 0.5) is 14.6 Å². The van der Waals surface area contributed by atoms with E-state index in [1.807, 2.05) is 18.3 Å². The van der Waals surface area contributed by atoms with Crippen LogP contribution < -0.4 is 5.32 Å². The lowest BCUT2D eigenvalue weighted by Crippen LogP contribution is -2.07. The van der Waals surface area contributed by atoms with Crippen LogP contribution in [0.15, 0.2) is 36.7 Å². The van der Waals surface area contributed by atoms with Gasteiger partial charge >= 0.3 is 0 Å². The van der Waals surface area contributed by atoms with E-state index in [4.69, 9.17) is 0 Å². The summed E-state index contributed by atoms with van der Waals surface area (Å²) in [5, 5.41) is 3.10. The van der Waals surface area contributed by atoms with Gasteiger partial charge < -0.3 is 10.3 Å². The molecule has 2 aromatic heterocycles. The maximum atomic E-state index is 13.2. The van der Waals surface area contributed by atoms with Crippen LogP contribution in [0.2, 0.25) is 0 Å². The van der Waals surface area contributed by atoms with Crippen molar-refractivity contribution in [2.24, 2.45) is 0 Å². The van der Waals surface area contributed by atoms with Crippen molar-refractivity contribution in [3.63, 3.8) is 0 Å². The van der Waals surface area contributed by atoms with E-state index in [0.29, 0.717) is 23.4 Å². The second-order valence-electron chi connectivity index (χ2n) is 4.38. The average molecular weight is 274 g/mol. The molecule has 102 valence electrons. The van der Waals surface area contributed by atoms with Gasteiger partial charge in [-0.05, 0) is 12.1 Å². The molecule has 6 heteroatoms. The molecule has 0 fully saturated rings. The van der Waals surface area contributed by atoms with Gasteiger partial charge in [-0.2, -0.15) is 0 Å². The Balaban J connectivity index is 1.73. The van der Waals surface area contributed by atoms with Gasteiger partial charge in [0.15, 0.2) is 11.6 Å². The maximum Gasteiger partial charge on any atom is 0.161 e. The number of aromatic amines is 1. The molecule has 0 aliphatic carbocycles.